The molecule has 0 unspecified atom stereocenters. The van der Waals surface area contributed by atoms with Gasteiger partial charge < -0.3 is 28.5 Å². The summed E-state index contributed by atoms with van der Waals surface area (Å²) in [7, 11) is 0. The number of carbonyl (C=O) groups is 1. The van der Waals surface area contributed by atoms with Crippen molar-refractivity contribution in [2.24, 2.45) is 0 Å². The highest BCUT2D eigenvalue weighted by Crippen LogP contribution is 2.59. The lowest BCUT2D eigenvalue weighted by atomic mass is 9.68. The van der Waals surface area contributed by atoms with E-state index in [-0.39, 0.29) is 12.4 Å². The molecule has 6 heterocycles. The first-order chi connectivity index (χ1) is 51.7. The number of rotatable bonds is 10. The van der Waals surface area contributed by atoms with Crippen LogP contribution >= 0.6 is 35.1 Å². The molecular weight excluding hydrogens is 1360 g/mol. The minimum Gasteiger partial charge on any atom is -0.481 e. The van der Waals surface area contributed by atoms with Gasteiger partial charge in [0.1, 0.15) is 5.60 Å². The van der Waals surface area contributed by atoms with Crippen LogP contribution in [0.15, 0.2) is 369 Å². The van der Waals surface area contributed by atoms with Crippen molar-refractivity contribution in [1.29, 1.82) is 0 Å². The number of hydrogen-bond donors (Lipinski definition) is 2. The Balaban J connectivity index is 0.000000142. The molecule has 1 aliphatic carbocycles. The molecule has 106 heavy (non-hydrogen) atoms. The van der Waals surface area contributed by atoms with E-state index in [4.69, 9.17) is 9.90 Å². The van der Waals surface area contributed by atoms with Crippen LogP contribution in [0.1, 0.15) is 45.9 Å². The number of halogens is 1. The van der Waals surface area contributed by atoms with Crippen molar-refractivity contribution in [3.63, 3.8) is 0 Å². The molecule has 0 bridgehead atoms. The number of aromatic nitrogens is 4. The number of hydrogen-bond acceptors (Lipinski definition) is 4. The predicted octanol–water partition coefficient (Wildman–Crippen LogP) is 24.7. The van der Waals surface area contributed by atoms with Crippen molar-refractivity contribution in [3.8, 4) is 43.6 Å². The number of para-hydroxylation sites is 8. The first-order valence-corrected chi connectivity index (χ1v) is 37.1. The Morgan fingerprint density at radius 2 is 0.623 bits per heavy atom. The Morgan fingerprint density at radius 3 is 1.00 bits per heavy atom. The predicted molar refractivity (Wildman–Crippen MR) is 444 cm³/mol. The highest BCUT2D eigenvalue weighted by atomic mass is 35.5. The van der Waals surface area contributed by atoms with E-state index in [0.29, 0.717) is 0 Å². The van der Waals surface area contributed by atoms with Gasteiger partial charge in [0.15, 0.2) is 0 Å². The molecule has 0 fully saturated rings. The summed E-state index contributed by atoms with van der Waals surface area (Å²) in [4.78, 5) is 11.4. The number of aliphatic hydroxyl groups is 1. The largest absolute Gasteiger partial charge is 0.481 e. The average Bonchev–Trinajstić information content (AvgIpc) is 1.52. The van der Waals surface area contributed by atoms with Crippen LogP contribution < -0.4 is 0 Å². The van der Waals surface area contributed by atoms with Crippen LogP contribution in [0.2, 0.25) is 0 Å². The number of aliphatic carboxylic acids is 1. The van der Waals surface area contributed by atoms with Crippen LogP contribution in [0, 0.1) is 0 Å². The Labute approximate surface area is 626 Å². The van der Waals surface area contributed by atoms with Gasteiger partial charge in [0, 0.05) is 88.1 Å². The molecule has 7 nitrogen and oxygen atoms in total. The molecule has 20 aromatic rings. The van der Waals surface area contributed by atoms with Gasteiger partial charge in [-0.25, -0.2) is 0 Å². The smallest absolute Gasteiger partial charge is 0.300 e. The van der Waals surface area contributed by atoms with Crippen molar-refractivity contribution in [3.05, 3.63) is 408 Å². The molecule has 0 radical (unpaired) electrons. The summed E-state index contributed by atoms with van der Waals surface area (Å²) in [5.41, 5.74) is 21.8. The van der Waals surface area contributed by atoms with E-state index in [2.05, 4.69) is 381 Å². The van der Waals surface area contributed by atoms with Crippen LogP contribution in [-0.2, 0) is 15.8 Å². The Bertz CT molecular complexity index is 6250. The standard InChI is InChI=1S/C47H32N2OS.C47H30N2S.C2H4O2.ClH/c50-47(41-28-29-51-46(41)32-14-2-1-3-15-32,33-16-12-18-35(30-33)48-42-24-8-4-20-37(42)38-21-5-9-25-43(38)48)34-17-13-19-36(31-34)49-44-26-10-6-22-39(44)40-23-7-11-27-45(40)49;1-6-22-40-39(21-1)46-41(27-28-50-46)47(40,31-13-11-15-33(29-31)48-42-23-7-2-17-35(42)36-18-3-8-24-43(36)48)32-14-12-16-34(30-32)49-44-25-9-4-19-37(44)38-20-5-10-26-45(38)49;1-2(3)4;/h1-31,50H;1-30H;1H3,(H,3,4);1H. The van der Waals surface area contributed by atoms with Crippen LogP contribution in [0.5, 0.6) is 0 Å². The van der Waals surface area contributed by atoms with Crippen molar-refractivity contribution < 1.29 is 15.0 Å². The second-order valence-corrected chi connectivity index (χ2v) is 28.7. The molecule has 0 atom stereocenters. The van der Waals surface area contributed by atoms with Gasteiger partial charge in [-0.2, -0.15) is 0 Å². The molecule has 1 aliphatic rings. The average molecular weight is 1420 g/mol. The first-order valence-electron chi connectivity index (χ1n) is 35.4. The third-order valence-corrected chi connectivity index (χ3v) is 23.1. The molecule has 508 valence electrons. The lowest BCUT2D eigenvalue weighted by molar-refractivity contribution is -0.134. The lowest BCUT2D eigenvalue weighted by Gasteiger charge is -2.34. The fourth-order valence-electron chi connectivity index (χ4n) is 16.9. The molecule has 21 rings (SSSR count). The molecule has 0 aliphatic heterocycles. The normalized spacial score (nSPS) is 12.3. The number of fused-ring (bicyclic) bond motifs is 15. The second-order valence-electron chi connectivity index (χ2n) is 26.9. The fraction of sp³-hybridized carbons (Fsp3) is 0.0312. The number of benzene rings is 14. The van der Waals surface area contributed by atoms with Crippen LogP contribution in [0.4, 0.5) is 0 Å². The number of thiophene rings is 2. The van der Waals surface area contributed by atoms with Crippen molar-refractivity contribution in [1.82, 2.24) is 18.3 Å². The summed E-state index contributed by atoms with van der Waals surface area (Å²) in [6, 6.07) is 129. The molecule has 6 aromatic heterocycles. The molecule has 10 heteroatoms. The van der Waals surface area contributed by atoms with Gasteiger partial charge in [-0.1, -0.05) is 249 Å². The van der Waals surface area contributed by atoms with Gasteiger partial charge >= 0.3 is 0 Å². The van der Waals surface area contributed by atoms with Gasteiger partial charge in [0.2, 0.25) is 0 Å². The summed E-state index contributed by atoms with van der Waals surface area (Å²) in [6.07, 6.45) is 0. The minimum atomic E-state index is -1.48. The molecule has 14 aromatic carbocycles. The summed E-state index contributed by atoms with van der Waals surface area (Å²) < 4.78 is 9.50. The molecule has 0 saturated heterocycles. The molecule has 0 saturated carbocycles. The second kappa shape index (κ2) is 26.6. The number of nitrogens with zero attached hydrogens (tertiary/aromatic N) is 4. The van der Waals surface area contributed by atoms with Gasteiger partial charge in [0.25, 0.3) is 5.97 Å². The summed E-state index contributed by atoms with van der Waals surface area (Å²) in [5.74, 6) is -0.833. The Kier molecular flexibility index (Phi) is 16.4. The van der Waals surface area contributed by atoms with E-state index >= 15 is 0 Å². The zero-order valence-corrected chi connectivity index (χ0v) is 60.0. The topological polar surface area (TPSA) is 77.2 Å². The number of carboxylic acids is 1. The quantitative estimate of drug-likeness (QED) is 0.143. The zero-order chi connectivity index (χ0) is 70.3. The summed E-state index contributed by atoms with van der Waals surface area (Å²) >= 11 is 3.51. The molecular formula is C96H67ClN4O3S2. The van der Waals surface area contributed by atoms with E-state index in [1.54, 1.807) is 11.3 Å². The van der Waals surface area contributed by atoms with E-state index in [1.807, 2.05) is 17.4 Å². The highest BCUT2D eigenvalue weighted by molar-refractivity contribution is 7.14. The molecule has 0 amide bonds. The highest BCUT2D eigenvalue weighted by Gasteiger charge is 2.47. The van der Waals surface area contributed by atoms with E-state index in [0.717, 1.165) is 67.5 Å². The van der Waals surface area contributed by atoms with Crippen molar-refractivity contribution in [2.45, 2.75) is 17.9 Å². The molecule has 0 spiro atoms. The van der Waals surface area contributed by atoms with Gasteiger partial charge in [-0.15, -0.1) is 35.1 Å². The van der Waals surface area contributed by atoms with E-state index in [1.165, 1.54) is 109 Å². The fourth-order valence-corrected chi connectivity index (χ4v) is 18.9. The van der Waals surface area contributed by atoms with Crippen LogP contribution in [0.25, 0.3) is 131 Å². The maximum atomic E-state index is 13.6. The monoisotopic (exact) mass is 1420 g/mol. The first kappa shape index (κ1) is 65.4. The van der Waals surface area contributed by atoms with Crippen LogP contribution in [0.3, 0.4) is 0 Å². The van der Waals surface area contributed by atoms with Gasteiger partial charge in [0.05, 0.1) is 49.5 Å². The Hall–Kier alpha value is -12.6. The van der Waals surface area contributed by atoms with Crippen molar-refractivity contribution in [2.75, 3.05) is 0 Å². The Morgan fingerprint density at radius 1 is 0.321 bits per heavy atom. The van der Waals surface area contributed by atoms with Crippen LogP contribution in [-0.4, -0.2) is 34.5 Å². The van der Waals surface area contributed by atoms with E-state index < -0.39 is 17.0 Å². The minimum absolute atomic E-state index is 0. The van der Waals surface area contributed by atoms with E-state index in [9.17, 15) is 5.11 Å². The summed E-state index contributed by atoms with van der Waals surface area (Å²) in [6.45, 7) is 1.08. The maximum absolute atomic E-state index is 13.6. The maximum Gasteiger partial charge on any atom is 0.300 e. The lowest BCUT2D eigenvalue weighted by Crippen LogP contribution is -2.29. The zero-order valence-electron chi connectivity index (χ0n) is 57.5. The summed E-state index contributed by atoms with van der Waals surface area (Å²) in [5, 5.41) is 35.3. The molecule has 2 N–H and O–H groups in total. The SMILES string of the molecule is CC(=O)O.Cl.OC(c1cccc(-n2c3ccccc3c3ccccc32)c1)(c1cccc(-n2c3ccccc3c3ccccc32)c1)c1ccsc1-c1ccccc1.c1cc(-n2c3ccccc3c3ccccc32)cc(C2(c3cccc(-n4c5ccccc5c5ccccc54)c3)c3ccccc3-c3sccc32)c1. The number of carboxylic acid groups (broad SMARTS) is 1. The third kappa shape index (κ3) is 10.4. The van der Waals surface area contributed by atoms with Gasteiger partial charge in [-0.05, 0) is 164 Å². The van der Waals surface area contributed by atoms with Gasteiger partial charge in [-0.3, -0.25) is 4.79 Å². The third-order valence-electron chi connectivity index (χ3n) is 21.2. The van der Waals surface area contributed by atoms with Crippen molar-refractivity contribution >= 4 is 128 Å².